The quantitative estimate of drug-likeness (QED) is 0.679. The summed E-state index contributed by atoms with van der Waals surface area (Å²) in [6.07, 6.45) is 2.65. The number of aromatic nitrogens is 2. The van der Waals surface area contributed by atoms with Crippen molar-refractivity contribution in [3.63, 3.8) is 0 Å². The van der Waals surface area contributed by atoms with E-state index in [2.05, 4.69) is 10.1 Å². The second-order valence-corrected chi connectivity index (χ2v) is 5.21. The monoisotopic (exact) mass is 274 g/mol. The Balaban J connectivity index is 2.05. The fraction of sp³-hybridized carbons (Fsp3) is 0.385. The molecule has 104 valence electrons. The first-order chi connectivity index (χ1) is 9.49. The zero-order valence-electron chi connectivity index (χ0n) is 11.0. The van der Waals surface area contributed by atoms with Gasteiger partial charge < -0.3 is 10.3 Å². The summed E-state index contributed by atoms with van der Waals surface area (Å²) in [5.41, 5.74) is 6.75. The first-order valence-corrected chi connectivity index (χ1v) is 6.38. The largest absolute Gasteiger partial charge is 0.334 e. The molecule has 20 heavy (non-hydrogen) atoms. The number of nitro benzene ring substituents is 1. The van der Waals surface area contributed by atoms with Crippen molar-refractivity contribution >= 4 is 5.69 Å². The molecule has 1 heterocycles. The van der Waals surface area contributed by atoms with Crippen LogP contribution in [-0.4, -0.2) is 15.1 Å². The summed E-state index contributed by atoms with van der Waals surface area (Å²) < 4.78 is 5.17. The molecule has 1 aliphatic carbocycles. The lowest BCUT2D eigenvalue weighted by molar-refractivity contribution is -0.384. The smallest absolute Gasteiger partial charge is 0.282 e. The van der Waals surface area contributed by atoms with E-state index in [0.717, 1.165) is 24.8 Å². The van der Waals surface area contributed by atoms with Crippen LogP contribution in [0.25, 0.3) is 11.5 Å². The Morgan fingerprint density at radius 1 is 1.45 bits per heavy atom. The fourth-order valence-corrected chi connectivity index (χ4v) is 2.30. The van der Waals surface area contributed by atoms with Crippen molar-refractivity contribution in [1.82, 2.24) is 10.1 Å². The SMILES string of the molecule is Cc1ccc([N+](=O)[O-])c(-c2nc(C3(N)CCC3)no2)c1. The van der Waals surface area contributed by atoms with Crippen molar-refractivity contribution in [2.24, 2.45) is 5.73 Å². The number of hydrogen-bond donors (Lipinski definition) is 1. The van der Waals surface area contributed by atoms with Gasteiger partial charge in [0.1, 0.15) is 5.56 Å². The number of nitrogens with two attached hydrogens (primary N) is 1. The van der Waals surface area contributed by atoms with E-state index in [0.29, 0.717) is 11.4 Å². The van der Waals surface area contributed by atoms with Gasteiger partial charge in [0, 0.05) is 6.07 Å². The summed E-state index contributed by atoms with van der Waals surface area (Å²) in [6, 6.07) is 4.78. The maximum absolute atomic E-state index is 11.1. The minimum absolute atomic E-state index is 0.0505. The van der Waals surface area contributed by atoms with Gasteiger partial charge in [-0.05, 0) is 37.8 Å². The Morgan fingerprint density at radius 3 is 2.80 bits per heavy atom. The summed E-state index contributed by atoms with van der Waals surface area (Å²) in [4.78, 5) is 14.9. The first kappa shape index (κ1) is 12.7. The number of hydrogen-bond acceptors (Lipinski definition) is 6. The molecule has 0 amide bonds. The maximum atomic E-state index is 11.1. The maximum Gasteiger partial charge on any atom is 0.282 e. The van der Waals surface area contributed by atoms with Crippen LogP contribution in [0, 0.1) is 17.0 Å². The first-order valence-electron chi connectivity index (χ1n) is 6.38. The van der Waals surface area contributed by atoms with E-state index >= 15 is 0 Å². The van der Waals surface area contributed by atoms with Crippen LogP contribution in [0.3, 0.4) is 0 Å². The molecule has 7 nitrogen and oxygen atoms in total. The van der Waals surface area contributed by atoms with Gasteiger partial charge in [-0.15, -0.1) is 0 Å². The summed E-state index contributed by atoms with van der Waals surface area (Å²) >= 11 is 0. The van der Waals surface area contributed by atoms with Crippen LogP contribution in [-0.2, 0) is 5.54 Å². The fourth-order valence-electron chi connectivity index (χ4n) is 2.30. The predicted molar refractivity (Wildman–Crippen MR) is 70.8 cm³/mol. The van der Waals surface area contributed by atoms with Gasteiger partial charge in [0.2, 0.25) is 0 Å². The van der Waals surface area contributed by atoms with Crippen LogP contribution in [0.2, 0.25) is 0 Å². The van der Waals surface area contributed by atoms with E-state index in [-0.39, 0.29) is 11.6 Å². The number of benzene rings is 1. The summed E-state index contributed by atoms with van der Waals surface area (Å²) in [5.74, 6) is 0.571. The van der Waals surface area contributed by atoms with E-state index in [9.17, 15) is 10.1 Å². The average Bonchev–Trinajstić information content (AvgIpc) is 2.85. The zero-order chi connectivity index (χ0) is 14.3. The second kappa shape index (κ2) is 4.38. The molecule has 1 aliphatic rings. The Hall–Kier alpha value is -2.28. The van der Waals surface area contributed by atoms with E-state index in [4.69, 9.17) is 10.3 Å². The van der Waals surface area contributed by atoms with E-state index in [1.807, 2.05) is 6.92 Å². The summed E-state index contributed by atoms with van der Waals surface area (Å²) in [7, 11) is 0. The average molecular weight is 274 g/mol. The van der Waals surface area contributed by atoms with E-state index < -0.39 is 10.5 Å². The Labute approximate surface area is 114 Å². The van der Waals surface area contributed by atoms with Gasteiger partial charge in [-0.25, -0.2) is 0 Å². The molecule has 0 bridgehead atoms. The normalized spacial score (nSPS) is 16.7. The van der Waals surface area contributed by atoms with Gasteiger partial charge in [-0.3, -0.25) is 10.1 Å². The highest BCUT2D eigenvalue weighted by atomic mass is 16.6. The van der Waals surface area contributed by atoms with Crippen molar-refractivity contribution in [1.29, 1.82) is 0 Å². The van der Waals surface area contributed by atoms with Gasteiger partial charge in [0.15, 0.2) is 5.82 Å². The predicted octanol–water partition coefficient (Wildman–Crippen LogP) is 2.29. The molecule has 0 spiro atoms. The van der Waals surface area contributed by atoms with Crippen molar-refractivity contribution in [3.05, 3.63) is 39.7 Å². The molecule has 3 rings (SSSR count). The lowest BCUT2D eigenvalue weighted by Crippen LogP contribution is -2.44. The Morgan fingerprint density at radius 2 is 2.20 bits per heavy atom. The molecule has 1 aromatic heterocycles. The highest BCUT2D eigenvalue weighted by Gasteiger charge is 2.39. The van der Waals surface area contributed by atoms with Crippen LogP contribution >= 0.6 is 0 Å². The molecule has 7 heteroatoms. The van der Waals surface area contributed by atoms with Crippen LogP contribution in [0.5, 0.6) is 0 Å². The number of nitro groups is 1. The lowest BCUT2D eigenvalue weighted by atomic mass is 9.77. The van der Waals surface area contributed by atoms with Crippen LogP contribution < -0.4 is 5.73 Å². The van der Waals surface area contributed by atoms with E-state index in [1.165, 1.54) is 6.07 Å². The zero-order valence-corrected chi connectivity index (χ0v) is 11.0. The minimum Gasteiger partial charge on any atom is -0.334 e. The second-order valence-electron chi connectivity index (χ2n) is 5.21. The molecular weight excluding hydrogens is 260 g/mol. The van der Waals surface area contributed by atoms with Gasteiger partial charge in [-0.2, -0.15) is 4.98 Å². The highest BCUT2D eigenvalue weighted by molar-refractivity contribution is 5.67. The molecule has 0 atom stereocenters. The van der Waals surface area contributed by atoms with Gasteiger partial charge >= 0.3 is 0 Å². The number of nitrogens with zero attached hydrogens (tertiary/aromatic N) is 3. The van der Waals surface area contributed by atoms with Crippen LogP contribution in [0.4, 0.5) is 5.69 Å². The lowest BCUT2D eigenvalue weighted by Gasteiger charge is -2.34. The van der Waals surface area contributed by atoms with Crippen LogP contribution in [0.1, 0.15) is 30.7 Å². The molecule has 2 aromatic rings. The summed E-state index contributed by atoms with van der Waals surface area (Å²) in [5, 5.41) is 15.0. The third-order valence-electron chi connectivity index (χ3n) is 3.70. The third kappa shape index (κ3) is 1.96. The molecular formula is C13H14N4O3. The molecule has 1 saturated carbocycles. The standard InChI is InChI=1S/C13H14N4O3/c1-8-3-4-10(17(18)19)9(7-8)11-15-12(16-20-11)13(14)5-2-6-13/h3-4,7H,2,5-6,14H2,1H3. The van der Waals surface area contributed by atoms with E-state index in [1.54, 1.807) is 12.1 Å². The van der Waals surface area contributed by atoms with Crippen molar-refractivity contribution in [3.8, 4) is 11.5 Å². The van der Waals surface area contributed by atoms with Gasteiger partial charge in [-0.1, -0.05) is 11.2 Å². The highest BCUT2D eigenvalue weighted by Crippen LogP contribution is 2.38. The summed E-state index contributed by atoms with van der Waals surface area (Å²) in [6.45, 7) is 1.85. The van der Waals surface area contributed by atoms with Gasteiger partial charge in [0.25, 0.3) is 11.6 Å². The molecule has 2 N–H and O–H groups in total. The van der Waals surface area contributed by atoms with Crippen molar-refractivity contribution < 1.29 is 9.45 Å². The molecule has 0 unspecified atom stereocenters. The van der Waals surface area contributed by atoms with Crippen molar-refractivity contribution in [2.75, 3.05) is 0 Å². The molecule has 1 aromatic carbocycles. The molecule has 0 aliphatic heterocycles. The third-order valence-corrected chi connectivity index (χ3v) is 3.70. The molecule has 1 fully saturated rings. The van der Waals surface area contributed by atoms with Crippen molar-refractivity contribution in [2.45, 2.75) is 31.7 Å². The number of aryl methyl sites for hydroxylation is 1. The molecule has 0 saturated heterocycles. The van der Waals surface area contributed by atoms with Crippen LogP contribution in [0.15, 0.2) is 22.7 Å². The van der Waals surface area contributed by atoms with Gasteiger partial charge in [0.05, 0.1) is 10.5 Å². The minimum atomic E-state index is -0.541. The molecule has 0 radical (unpaired) electrons. The topological polar surface area (TPSA) is 108 Å². The number of rotatable bonds is 3. The Kier molecular flexibility index (Phi) is 2.79. The Bertz CT molecular complexity index is 676.